The van der Waals surface area contributed by atoms with Gasteiger partial charge in [-0.2, -0.15) is 0 Å². The Morgan fingerprint density at radius 1 is 1.00 bits per heavy atom. The normalized spacial score (nSPS) is 15.8. The van der Waals surface area contributed by atoms with Crippen LogP contribution in [0.3, 0.4) is 0 Å². The second kappa shape index (κ2) is 5.86. The summed E-state index contributed by atoms with van der Waals surface area (Å²) >= 11 is 0. The van der Waals surface area contributed by atoms with Crippen LogP contribution < -0.4 is 0 Å². The standard InChI is InChI=1S/C15H20O/c16-12-5-4-9-14-10-6-11-15(14)13-7-2-1-3-8-13/h1-3,7-8,16H,4-6,9-12H2. The molecule has 0 heterocycles. The third-order valence-corrected chi connectivity index (χ3v) is 3.34. The molecule has 86 valence electrons. The van der Waals surface area contributed by atoms with Gasteiger partial charge >= 0.3 is 0 Å². The monoisotopic (exact) mass is 216 g/mol. The number of allylic oxidation sites excluding steroid dienone is 2. The molecule has 0 saturated heterocycles. The minimum atomic E-state index is 0.327. The first-order valence-corrected chi connectivity index (χ1v) is 6.29. The van der Waals surface area contributed by atoms with Gasteiger partial charge in [-0.15, -0.1) is 0 Å². The van der Waals surface area contributed by atoms with Crippen molar-refractivity contribution in [3.63, 3.8) is 0 Å². The van der Waals surface area contributed by atoms with Crippen molar-refractivity contribution in [2.24, 2.45) is 0 Å². The number of aliphatic hydroxyl groups excluding tert-OH is 1. The predicted molar refractivity (Wildman–Crippen MR) is 68.1 cm³/mol. The van der Waals surface area contributed by atoms with Gasteiger partial charge in [-0.1, -0.05) is 35.9 Å². The van der Waals surface area contributed by atoms with Crippen molar-refractivity contribution < 1.29 is 5.11 Å². The SMILES string of the molecule is OCCCCC1=C(c2ccccc2)CCC1. The summed E-state index contributed by atoms with van der Waals surface area (Å²) < 4.78 is 0. The number of aliphatic hydroxyl groups is 1. The average Bonchev–Trinajstić information content (AvgIpc) is 2.79. The van der Waals surface area contributed by atoms with Gasteiger partial charge in [0, 0.05) is 6.61 Å². The second-order valence-electron chi connectivity index (χ2n) is 4.48. The van der Waals surface area contributed by atoms with Gasteiger partial charge in [-0.3, -0.25) is 0 Å². The first-order chi connectivity index (χ1) is 7.92. The van der Waals surface area contributed by atoms with Crippen LogP contribution in [0.25, 0.3) is 5.57 Å². The van der Waals surface area contributed by atoms with Gasteiger partial charge in [0.1, 0.15) is 0 Å². The number of benzene rings is 1. The molecule has 0 aromatic heterocycles. The summed E-state index contributed by atoms with van der Waals surface area (Å²) in [5, 5.41) is 8.81. The van der Waals surface area contributed by atoms with Gasteiger partial charge < -0.3 is 5.11 Å². The molecule has 1 aliphatic carbocycles. The van der Waals surface area contributed by atoms with E-state index in [1.807, 2.05) is 0 Å². The molecule has 0 bridgehead atoms. The Labute approximate surface area is 97.8 Å². The maximum Gasteiger partial charge on any atom is 0.0431 e. The lowest BCUT2D eigenvalue weighted by atomic mass is 9.99. The summed E-state index contributed by atoms with van der Waals surface area (Å²) in [6, 6.07) is 10.7. The van der Waals surface area contributed by atoms with E-state index in [9.17, 15) is 0 Å². The van der Waals surface area contributed by atoms with Crippen molar-refractivity contribution >= 4 is 5.57 Å². The van der Waals surface area contributed by atoms with Crippen LogP contribution >= 0.6 is 0 Å². The zero-order valence-corrected chi connectivity index (χ0v) is 9.78. The van der Waals surface area contributed by atoms with Crippen molar-refractivity contribution in [2.75, 3.05) is 6.61 Å². The molecule has 0 radical (unpaired) electrons. The Morgan fingerprint density at radius 2 is 1.81 bits per heavy atom. The highest BCUT2D eigenvalue weighted by Crippen LogP contribution is 2.36. The second-order valence-corrected chi connectivity index (χ2v) is 4.48. The smallest absolute Gasteiger partial charge is 0.0431 e. The lowest BCUT2D eigenvalue weighted by Crippen LogP contribution is -1.88. The minimum absolute atomic E-state index is 0.327. The van der Waals surface area contributed by atoms with Crippen molar-refractivity contribution in [3.8, 4) is 0 Å². The molecule has 0 amide bonds. The molecule has 0 spiro atoms. The molecule has 0 fully saturated rings. The van der Waals surface area contributed by atoms with E-state index in [4.69, 9.17) is 5.11 Å². The highest BCUT2D eigenvalue weighted by Gasteiger charge is 2.15. The van der Waals surface area contributed by atoms with Gasteiger partial charge in [0.25, 0.3) is 0 Å². The minimum Gasteiger partial charge on any atom is -0.396 e. The lowest BCUT2D eigenvalue weighted by Gasteiger charge is -2.07. The van der Waals surface area contributed by atoms with Crippen molar-refractivity contribution in [1.82, 2.24) is 0 Å². The lowest BCUT2D eigenvalue weighted by molar-refractivity contribution is 0.284. The van der Waals surface area contributed by atoms with Crippen molar-refractivity contribution in [1.29, 1.82) is 0 Å². The fourth-order valence-corrected chi connectivity index (χ4v) is 2.52. The zero-order chi connectivity index (χ0) is 11.2. The van der Waals surface area contributed by atoms with E-state index in [2.05, 4.69) is 30.3 Å². The molecule has 1 heteroatoms. The summed E-state index contributed by atoms with van der Waals surface area (Å²) in [6.07, 6.45) is 7.03. The molecule has 1 nitrogen and oxygen atoms in total. The third kappa shape index (κ3) is 2.73. The quantitative estimate of drug-likeness (QED) is 0.742. The summed E-state index contributed by atoms with van der Waals surface area (Å²) in [5.74, 6) is 0. The van der Waals surface area contributed by atoms with Crippen LogP contribution in [0.5, 0.6) is 0 Å². The molecular formula is C15H20O. The molecule has 0 aliphatic heterocycles. The Hall–Kier alpha value is -1.08. The molecule has 1 N–H and O–H groups in total. The van der Waals surface area contributed by atoms with Gasteiger partial charge in [0.05, 0.1) is 0 Å². The number of hydrogen-bond acceptors (Lipinski definition) is 1. The van der Waals surface area contributed by atoms with Crippen molar-refractivity contribution in [2.45, 2.75) is 38.5 Å². The Bertz CT molecular complexity index is 351. The van der Waals surface area contributed by atoms with Gasteiger partial charge in [0.2, 0.25) is 0 Å². The fraction of sp³-hybridized carbons (Fsp3) is 0.467. The molecule has 0 atom stereocenters. The van der Waals surface area contributed by atoms with E-state index in [0.717, 1.165) is 12.8 Å². The maximum absolute atomic E-state index is 8.81. The zero-order valence-electron chi connectivity index (χ0n) is 9.78. The summed E-state index contributed by atoms with van der Waals surface area (Å²) in [6.45, 7) is 0.327. The highest BCUT2D eigenvalue weighted by atomic mass is 16.2. The third-order valence-electron chi connectivity index (χ3n) is 3.34. The fourth-order valence-electron chi connectivity index (χ4n) is 2.52. The van der Waals surface area contributed by atoms with Gasteiger partial charge in [-0.25, -0.2) is 0 Å². The molecule has 0 saturated carbocycles. The van der Waals surface area contributed by atoms with Crippen LogP contribution in [0, 0.1) is 0 Å². The van der Waals surface area contributed by atoms with Crippen LogP contribution in [0.4, 0.5) is 0 Å². The van der Waals surface area contributed by atoms with Crippen molar-refractivity contribution in [3.05, 3.63) is 41.5 Å². The summed E-state index contributed by atoms with van der Waals surface area (Å²) in [5.41, 5.74) is 4.59. The Morgan fingerprint density at radius 3 is 2.56 bits per heavy atom. The van der Waals surface area contributed by atoms with Gasteiger partial charge in [0.15, 0.2) is 0 Å². The average molecular weight is 216 g/mol. The van der Waals surface area contributed by atoms with Crippen LogP contribution in [0.2, 0.25) is 0 Å². The van der Waals surface area contributed by atoms with E-state index in [-0.39, 0.29) is 0 Å². The summed E-state index contributed by atoms with van der Waals surface area (Å²) in [7, 11) is 0. The van der Waals surface area contributed by atoms with E-state index in [1.54, 1.807) is 11.1 Å². The maximum atomic E-state index is 8.81. The largest absolute Gasteiger partial charge is 0.396 e. The van der Waals surface area contributed by atoms with E-state index in [1.165, 1.54) is 31.2 Å². The highest BCUT2D eigenvalue weighted by molar-refractivity contribution is 5.70. The number of hydrogen-bond donors (Lipinski definition) is 1. The van der Waals surface area contributed by atoms with Gasteiger partial charge in [-0.05, 0) is 49.7 Å². The van der Waals surface area contributed by atoms with Crippen LogP contribution in [0.1, 0.15) is 44.1 Å². The van der Waals surface area contributed by atoms with Crippen LogP contribution in [0.15, 0.2) is 35.9 Å². The molecule has 1 aliphatic rings. The topological polar surface area (TPSA) is 20.2 Å². The molecule has 1 aromatic rings. The Balaban J connectivity index is 2.08. The molecule has 2 rings (SSSR count). The number of rotatable bonds is 5. The predicted octanol–water partition coefficient (Wildman–Crippen LogP) is 3.79. The summed E-state index contributed by atoms with van der Waals surface area (Å²) in [4.78, 5) is 0. The van der Waals surface area contributed by atoms with Crippen LogP contribution in [-0.4, -0.2) is 11.7 Å². The molecule has 0 unspecified atom stereocenters. The van der Waals surface area contributed by atoms with E-state index < -0.39 is 0 Å². The first kappa shape index (κ1) is 11.4. The molecule has 16 heavy (non-hydrogen) atoms. The van der Waals surface area contributed by atoms with Crippen LogP contribution in [-0.2, 0) is 0 Å². The first-order valence-electron chi connectivity index (χ1n) is 6.29. The number of unbranched alkanes of at least 4 members (excludes halogenated alkanes) is 1. The van der Waals surface area contributed by atoms with E-state index in [0.29, 0.717) is 6.61 Å². The molecule has 1 aromatic carbocycles. The van der Waals surface area contributed by atoms with E-state index >= 15 is 0 Å². The molecular weight excluding hydrogens is 196 g/mol. The Kier molecular flexibility index (Phi) is 4.17.